The van der Waals surface area contributed by atoms with Crippen LogP contribution in [0.25, 0.3) is 28.0 Å². The number of hydrogen-bond acceptors (Lipinski definition) is 5. The van der Waals surface area contributed by atoms with Gasteiger partial charge in [-0.1, -0.05) is 29.8 Å². The Labute approximate surface area is 184 Å². The topological polar surface area (TPSA) is 74.1 Å². The molecular weight excluding hydrogens is 418 g/mol. The minimum atomic E-state index is 0.502. The summed E-state index contributed by atoms with van der Waals surface area (Å²) in [6, 6.07) is 13.1. The van der Waals surface area contributed by atoms with Crippen LogP contribution in [0.4, 0.5) is 5.69 Å². The van der Waals surface area contributed by atoms with E-state index in [1.165, 1.54) is 0 Å². The summed E-state index contributed by atoms with van der Waals surface area (Å²) in [5.41, 5.74) is 4.39. The van der Waals surface area contributed by atoms with Gasteiger partial charge in [0.05, 0.1) is 38.9 Å². The maximum Gasteiger partial charge on any atom is 0.211 e. The number of ether oxygens (including phenoxy) is 3. The first-order chi connectivity index (χ1) is 15.1. The summed E-state index contributed by atoms with van der Waals surface area (Å²) < 4.78 is 18.3. The molecule has 31 heavy (non-hydrogen) atoms. The summed E-state index contributed by atoms with van der Waals surface area (Å²) in [6.45, 7) is 0. The van der Waals surface area contributed by atoms with Crippen LogP contribution >= 0.6 is 11.6 Å². The molecule has 0 saturated heterocycles. The van der Waals surface area contributed by atoms with Crippen molar-refractivity contribution in [3.05, 3.63) is 59.9 Å². The summed E-state index contributed by atoms with van der Waals surface area (Å²) in [7, 11) is 4.69. The maximum atomic E-state index is 11.2. The molecule has 0 atom stereocenters. The Morgan fingerprint density at radius 2 is 1.71 bits per heavy atom. The molecule has 4 rings (SSSR count). The first-order valence-electron chi connectivity index (χ1n) is 9.37. The third-order valence-electron chi connectivity index (χ3n) is 4.97. The highest BCUT2D eigenvalue weighted by atomic mass is 35.5. The molecule has 2 aromatic heterocycles. The van der Waals surface area contributed by atoms with Gasteiger partial charge in [-0.2, -0.15) is 0 Å². The van der Waals surface area contributed by atoms with Crippen LogP contribution in [0.1, 0.15) is 0 Å². The SMILES string of the molecule is COc1cc(-c2cnc3c(NC=O)cc(-c4ccccc4Cl)cn23)cc(OC)c1OC. The van der Waals surface area contributed by atoms with E-state index in [2.05, 4.69) is 10.3 Å². The van der Waals surface area contributed by atoms with Gasteiger partial charge in [-0.05, 0) is 24.3 Å². The molecule has 0 aliphatic heterocycles. The number of hydrogen-bond donors (Lipinski definition) is 1. The van der Waals surface area contributed by atoms with Crippen LogP contribution in [-0.4, -0.2) is 37.1 Å². The van der Waals surface area contributed by atoms with Crippen molar-refractivity contribution in [3.63, 3.8) is 0 Å². The highest BCUT2D eigenvalue weighted by Gasteiger charge is 2.18. The van der Waals surface area contributed by atoms with Crippen molar-refractivity contribution in [2.45, 2.75) is 0 Å². The van der Waals surface area contributed by atoms with E-state index in [4.69, 9.17) is 25.8 Å². The van der Waals surface area contributed by atoms with Crippen molar-refractivity contribution in [2.75, 3.05) is 26.6 Å². The van der Waals surface area contributed by atoms with Crippen molar-refractivity contribution in [2.24, 2.45) is 0 Å². The first kappa shape index (κ1) is 20.6. The second-order valence-electron chi connectivity index (χ2n) is 6.64. The predicted octanol–water partition coefficient (Wildman–Crippen LogP) is 4.92. The summed E-state index contributed by atoms with van der Waals surface area (Å²) in [5, 5.41) is 3.34. The van der Waals surface area contributed by atoms with E-state index in [1.807, 2.05) is 53.1 Å². The molecule has 0 bridgehead atoms. The molecule has 0 spiro atoms. The van der Waals surface area contributed by atoms with Crippen LogP contribution in [0.2, 0.25) is 5.02 Å². The molecule has 0 aliphatic carbocycles. The third-order valence-corrected chi connectivity index (χ3v) is 5.30. The highest BCUT2D eigenvalue weighted by molar-refractivity contribution is 6.33. The molecule has 0 radical (unpaired) electrons. The lowest BCUT2D eigenvalue weighted by atomic mass is 10.1. The van der Waals surface area contributed by atoms with Gasteiger partial charge < -0.3 is 19.5 Å². The first-order valence-corrected chi connectivity index (χ1v) is 9.75. The van der Waals surface area contributed by atoms with Gasteiger partial charge >= 0.3 is 0 Å². The van der Waals surface area contributed by atoms with E-state index in [0.29, 0.717) is 40.0 Å². The normalized spacial score (nSPS) is 10.7. The molecule has 0 unspecified atom stereocenters. The average Bonchev–Trinajstić information content (AvgIpc) is 3.22. The summed E-state index contributed by atoms with van der Waals surface area (Å²) in [6.07, 6.45) is 4.28. The van der Waals surface area contributed by atoms with E-state index < -0.39 is 0 Å². The Kier molecular flexibility index (Phi) is 5.68. The van der Waals surface area contributed by atoms with Gasteiger partial charge in [0.2, 0.25) is 12.2 Å². The highest BCUT2D eigenvalue weighted by Crippen LogP contribution is 2.42. The lowest BCUT2D eigenvalue weighted by Crippen LogP contribution is -2.00. The number of carbonyl (C=O) groups is 1. The van der Waals surface area contributed by atoms with Crippen molar-refractivity contribution in [1.29, 1.82) is 0 Å². The molecule has 4 aromatic rings. The maximum absolute atomic E-state index is 11.2. The molecule has 2 heterocycles. The van der Waals surface area contributed by atoms with E-state index in [1.54, 1.807) is 27.5 Å². The molecule has 8 heteroatoms. The third kappa shape index (κ3) is 3.64. The largest absolute Gasteiger partial charge is 0.493 e. The number of methoxy groups -OCH3 is 3. The number of nitrogens with one attached hydrogen (secondary N) is 1. The van der Waals surface area contributed by atoms with Crippen molar-refractivity contribution >= 4 is 29.3 Å². The zero-order chi connectivity index (χ0) is 22.0. The van der Waals surface area contributed by atoms with E-state index >= 15 is 0 Å². The van der Waals surface area contributed by atoms with Gasteiger partial charge in [-0.25, -0.2) is 4.98 Å². The lowest BCUT2D eigenvalue weighted by molar-refractivity contribution is -0.105. The number of aromatic nitrogens is 2. The smallest absolute Gasteiger partial charge is 0.211 e. The molecule has 158 valence electrons. The predicted molar refractivity (Wildman–Crippen MR) is 120 cm³/mol. The van der Waals surface area contributed by atoms with Crippen molar-refractivity contribution < 1.29 is 19.0 Å². The fraction of sp³-hybridized carbons (Fsp3) is 0.130. The number of anilines is 1. The van der Waals surface area contributed by atoms with Gasteiger partial charge in [0.15, 0.2) is 17.1 Å². The van der Waals surface area contributed by atoms with Crippen LogP contribution in [0, 0.1) is 0 Å². The van der Waals surface area contributed by atoms with Crippen LogP contribution in [0.3, 0.4) is 0 Å². The van der Waals surface area contributed by atoms with Crippen molar-refractivity contribution in [1.82, 2.24) is 9.38 Å². The van der Waals surface area contributed by atoms with Crippen LogP contribution < -0.4 is 19.5 Å². The van der Waals surface area contributed by atoms with Gasteiger partial charge in [-0.15, -0.1) is 0 Å². The minimum absolute atomic E-state index is 0.502. The van der Waals surface area contributed by atoms with Crippen LogP contribution in [-0.2, 0) is 4.79 Å². The molecular formula is C23H20ClN3O4. The molecule has 0 aliphatic rings. The standard InChI is InChI=1S/C23H20ClN3O4/c1-29-20-9-14(10-21(30-2)22(20)31-3)19-11-25-23-18(26-13-28)8-15(12-27(19)23)16-6-4-5-7-17(16)24/h4-13H,1-3H3,(H,26,28). The molecule has 0 fully saturated rings. The van der Waals surface area contributed by atoms with E-state index in [9.17, 15) is 4.79 Å². The summed E-state index contributed by atoms with van der Waals surface area (Å²) in [5.74, 6) is 1.56. The average molecular weight is 438 g/mol. The van der Waals surface area contributed by atoms with Crippen LogP contribution in [0.5, 0.6) is 17.2 Å². The number of halogens is 1. The van der Waals surface area contributed by atoms with Crippen LogP contribution in [0.15, 0.2) is 54.9 Å². The van der Waals surface area contributed by atoms with Crippen molar-refractivity contribution in [3.8, 4) is 39.6 Å². The van der Waals surface area contributed by atoms with Gasteiger partial charge in [0, 0.05) is 27.9 Å². The number of nitrogens with zero attached hydrogens (tertiary/aromatic N) is 2. The number of rotatable bonds is 7. The second kappa shape index (κ2) is 8.57. The Hall–Kier alpha value is -3.71. The Morgan fingerprint density at radius 1 is 1.00 bits per heavy atom. The Morgan fingerprint density at radius 3 is 2.32 bits per heavy atom. The monoisotopic (exact) mass is 437 g/mol. The van der Waals surface area contributed by atoms with Gasteiger partial charge in [0.25, 0.3) is 0 Å². The lowest BCUT2D eigenvalue weighted by Gasteiger charge is -2.15. The Balaban J connectivity index is 1.98. The number of pyridine rings is 1. The number of imidazole rings is 1. The number of carbonyl (C=O) groups excluding carboxylic acids is 1. The zero-order valence-electron chi connectivity index (χ0n) is 17.2. The molecule has 1 N–H and O–H groups in total. The van der Waals surface area contributed by atoms with E-state index in [0.717, 1.165) is 22.4 Å². The number of benzene rings is 2. The quantitative estimate of drug-likeness (QED) is 0.415. The molecule has 2 aromatic carbocycles. The fourth-order valence-corrected chi connectivity index (χ4v) is 3.79. The summed E-state index contributed by atoms with van der Waals surface area (Å²) in [4.78, 5) is 15.7. The second-order valence-corrected chi connectivity index (χ2v) is 7.04. The summed E-state index contributed by atoms with van der Waals surface area (Å²) >= 11 is 6.42. The number of amides is 1. The molecule has 0 saturated carbocycles. The molecule has 7 nitrogen and oxygen atoms in total. The zero-order valence-corrected chi connectivity index (χ0v) is 17.9. The van der Waals surface area contributed by atoms with Gasteiger partial charge in [0.1, 0.15) is 0 Å². The fourth-order valence-electron chi connectivity index (χ4n) is 3.54. The van der Waals surface area contributed by atoms with Gasteiger partial charge in [-0.3, -0.25) is 9.20 Å². The molecule has 1 amide bonds. The van der Waals surface area contributed by atoms with E-state index in [-0.39, 0.29) is 0 Å². The minimum Gasteiger partial charge on any atom is -0.493 e. The Bertz CT molecular complexity index is 1240. The number of fused-ring (bicyclic) bond motifs is 1.